The van der Waals surface area contributed by atoms with Crippen molar-refractivity contribution < 1.29 is 19.4 Å². The molecule has 0 heterocycles. The van der Waals surface area contributed by atoms with Crippen molar-refractivity contribution in [3.8, 4) is 5.75 Å². The summed E-state index contributed by atoms with van der Waals surface area (Å²) in [7, 11) is 1.34. The first kappa shape index (κ1) is 17.2. The molecule has 2 aromatic rings. The number of carbonyl (C=O) groups is 1. The van der Waals surface area contributed by atoms with E-state index in [0.717, 1.165) is 18.2 Å². The molecule has 1 amide bonds. The summed E-state index contributed by atoms with van der Waals surface area (Å²) in [5.74, 6) is -0.661. The Morgan fingerprint density at radius 2 is 1.75 bits per heavy atom. The van der Waals surface area contributed by atoms with Crippen molar-refractivity contribution in [2.45, 2.75) is 0 Å². The standard InChI is InChI=1S/C14H10ClN3O6/c1-24-9-3-4-11(13(7-9)18(22)23)16-14(19)10-6-8(15)2-5-12(10)17(20)21/h2-7H,1H3,(H,16,19). The molecule has 0 aliphatic heterocycles. The summed E-state index contributed by atoms with van der Waals surface area (Å²) in [6, 6.07) is 7.28. The molecule has 0 saturated carbocycles. The lowest BCUT2D eigenvalue weighted by Gasteiger charge is -2.08. The first-order valence-corrected chi connectivity index (χ1v) is 6.79. The fourth-order valence-electron chi connectivity index (χ4n) is 1.93. The van der Waals surface area contributed by atoms with Crippen molar-refractivity contribution in [2.24, 2.45) is 0 Å². The molecular formula is C14H10ClN3O6. The zero-order valence-electron chi connectivity index (χ0n) is 12.2. The van der Waals surface area contributed by atoms with Crippen LogP contribution in [0.1, 0.15) is 10.4 Å². The Balaban J connectivity index is 2.42. The predicted molar refractivity (Wildman–Crippen MR) is 85.7 cm³/mol. The minimum absolute atomic E-state index is 0.120. The lowest BCUT2D eigenvalue weighted by atomic mass is 10.1. The van der Waals surface area contributed by atoms with Gasteiger partial charge in [-0.05, 0) is 24.3 Å². The maximum absolute atomic E-state index is 12.3. The van der Waals surface area contributed by atoms with E-state index in [0.29, 0.717) is 0 Å². The number of benzene rings is 2. The summed E-state index contributed by atoms with van der Waals surface area (Å²) in [5, 5.41) is 24.5. The van der Waals surface area contributed by atoms with Crippen LogP contribution >= 0.6 is 11.6 Å². The minimum Gasteiger partial charge on any atom is -0.496 e. The maximum atomic E-state index is 12.3. The highest BCUT2D eigenvalue weighted by molar-refractivity contribution is 6.31. The van der Waals surface area contributed by atoms with Gasteiger partial charge in [0, 0.05) is 11.1 Å². The van der Waals surface area contributed by atoms with Gasteiger partial charge in [0.2, 0.25) is 0 Å². The van der Waals surface area contributed by atoms with Gasteiger partial charge in [-0.3, -0.25) is 25.0 Å². The van der Waals surface area contributed by atoms with Gasteiger partial charge in [-0.1, -0.05) is 11.6 Å². The number of nitro groups is 2. The molecule has 9 nitrogen and oxygen atoms in total. The fraction of sp³-hybridized carbons (Fsp3) is 0.0714. The number of anilines is 1. The molecule has 0 atom stereocenters. The number of rotatable bonds is 5. The largest absolute Gasteiger partial charge is 0.496 e. The molecular weight excluding hydrogens is 342 g/mol. The molecule has 0 radical (unpaired) electrons. The molecule has 10 heteroatoms. The summed E-state index contributed by atoms with van der Waals surface area (Å²) in [4.78, 5) is 33.0. The number of ether oxygens (including phenoxy) is 1. The normalized spacial score (nSPS) is 10.1. The van der Waals surface area contributed by atoms with Crippen LogP contribution in [0.15, 0.2) is 36.4 Å². The lowest BCUT2D eigenvalue weighted by molar-refractivity contribution is -0.385. The summed E-state index contributed by atoms with van der Waals surface area (Å²) in [5.41, 5.74) is -1.31. The topological polar surface area (TPSA) is 125 Å². The Bertz CT molecular complexity index is 839. The summed E-state index contributed by atoms with van der Waals surface area (Å²) in [6.45, 7) is 0. The van der Waals surface area contributed by atoms with Gasteiger partial charge < -0.3 is 10.1 Å². The van der Waals surface area contributed by atoms with E-state index in [1.54, 1.807) is 0 Å². The van der Waals surface area contributed by atoms with Gasteiger partial charge >= 0.3 is 0 Å². The van der Waals surface area contributed by atoms with E-state index in [-0.39, 0.29) is 22.0 Å². The molecule has 0 fully saturated rings. The van der Waals surface area contributed by atoms with Gasteiger partial charge in [-0.25, -0.2) is 0 Å². The monoisotopic (exact) mass is 351 g/mol. The van der Waals surface area contributed by atoms with E-state index in [2.05, 4.69) is 5.32 Å². The highest BCUT2D eigenvalue weighted by atomic mass is 35.5. The number of carbonyl (C=O) groups excluding carboxylic acids is 1. The smallest absolute Gasteiger partial charge is 0.296 e. The third-order valence-corrected chi connectivity index (χ3v) is 3.28. The van der Waals surface area contributed by atoms with E-state index in [1.807, 2.05) is 0 Å². The second-order valence-corrected chi connectivity index (χ2v) is 4.95. The number of nitro benzene ring substituents is 2. The van der Waals surface area contributed by atoms with Gasteiger partial charge in [-0.2, -0.15) is 0 Å². The molecule has 0 spiro atoms. The molecule has 2 aromatic carbocycles. The third-order valence-electron chi connectivity index (χ3n) is 3.05. The quantitative estimate of drug-likeness (QED) is 0.650. The maximum Gasteiger partial charge on any atom is 0.296 e. The molecule has 2 rings (SSSR count). The van der Waals surface area contributed by atoms with Gasteiger partial charge in [0.05, 0.1) is 23.0 Å². The number of methoxy groups -OCH3 is 1. The van der Waals surface area contributed by atoms with Crippen LogP contribution in [0.25, 0.3) is 0 Å². The van der Waals surface area contributed by atoms with Crippen molar-refractivity contribution in [3.05, 3.63) is 67.2 Å². The second kappa shape index (κ2) is 6.92. The molecule has 124 valence electrons. The molecule has 0 aliphatic rings. The first-order chi connectivity index (χ1) is 11.3. The summed E-state index contributed by atoms with van der Waals surface area (Å²) in [6.07, 6.45) is 0. The zero-order valence-corrected chi connectivity index (χ0v) is 12.9. The van der Waals surface area contributed by atoms with Crippen molar-refractivity contribution >= 4 is 34.6 Å². The van der Waals surface area contributed by atoms with Crippen molar-refractivity contribution in [2.75, 3.05) is 12.4 Å². The number of hydrogen-bond donors (Lipinski definition) is 1. The lowest BCUT2D eigenvalue weighted by Crippen LogP contribution is -2.15. The number of nitrogens with zero attached hydrogens (tertiary/aromatic N) is 2. The minimum atomic E-state index is -0.891. The first-order valence-electron chi connectivity index (χ1n) is 6.41. The summed E-state index contributed by atoms with van der Waals surface area (Å²) < 4.78 is 4.89. The molecule has 0 aliphatic carbocycles. The van der Waals surface area contributed by atoms with Crippen LogP contribution in [0, 0.1) is 20.2 Å². The molecule has 0 unspecified atom stereocenters. The van der Waals surface area contributed by atoms with Crippen molar-refractivity contribution in [1.82, 2.24) is 0 Å². The third kappa shape index (κ3) is 3.58. The Kier molecular flexibility index (Phi) is 4.95. The Morgan fingerprint density at radius 1 is 1.08 bits per heavy atom. The van der Waals surface area contributed by atoms with Gasteiger partial charge in [0.25, 0.3) is 17.3 Å². The average Bonchev–Trinajstić information content (AvgIpc) is 2.54. The number of nitrogens with one attached hydrogen (secondary N) is 1. The van der Waals surface area contributed by atoms with Crippen molar-refractivity contribution in [3.63, 3.8) is 0 Å². The highest BCUT2D eigenvalue weighted by Crippen LogP contribution is 2.30. The van der Waals surface area contributed by atoms with Crippen LogP contribution in [-0.4, -0.2) is 22.9 Å². The number of amides is 1. The molecule has 0 saturated heterocycles. The van der Waals surface area contributed by atoms with Gasteiger partial charge in [0.1, 0.15) is 17.0 Å². The Labute approximate surface area is 140 Å². The SMILES string of the molecule is COc1ccc(NC(=O)c2cc(Cl)ccc2[N+](=O)[O-])c([N+](=O)[O-])c1. The average molecular weight is 352 g/mol. The van der Waals surface area contributed by atoms with E-state index >= 15 is 0 Å². The second-order valence-electron chi connectivity index (χ2n) is 4.51. The van der Waals surface area contributed by atoms with E-state index in [1.165, 1.54) is 25.3 Å². The number of hydrogen-bond acceptors (Lipinski definition) is 6. The molecule has 0 aromatic heterocycles. The molecule has 0 bridgehead atoms. The van der Waals surface area contributed by atoms with Gasteiger partial charge in [-0.15, -0.1) is 0 Å². The predicted octanol–water partition coefficient (Wildman–Crippen LogP) is 3.42. The van der Waals surface area contributed by atoms with E-state index in [9.17, 15) is 25.0 Å². The molecule has 24 heavy (non-hydrogen) atoms. The van der Waals surface area contributed by atoms with Crippen molar-refractivity contribution in [1.29, 1.82) is 0 Å². The van der Waals surface area contributed by atoms with Crippen LogP contribution < -0.4 is 10.1 Å². The summed E-state index contributed by atoms with van der Waals surface area (Å²) >= 11 is 5.76. The van der Waals surface area contributed by atoms with Crippen LogP contribution in [0.4, 0.5) is 17.1 Å². The van der Waals surface area contributed by atoms with Crippen LogP contribution in [0.2, 0.25) is 5.02 Å². The Hall–Kier alpha value is -3.20. The molecule has 1 N–H and O–H groups in total. The zero-order chi connectivity index (χ0) is 17.9. The number of halogens is 1. The fourth-order valence-corrected chi connectivity index (χ4v) is 2.11. The Morgan fingerprint density at radius 3 is 2.33 bits per heavy atom. The van der Waals surface area contributed by atoms with Crippen LogP contribution in [0.5, 0.6) is 5.75 Å². The highest BCUT2D eigenvalue weighted by Gasteiger charge is 2.23. The van der Waals surface area contributed by atoms with E-state index < -0.39 is 27.1 Å². The van der Waals surface area contributed by atoms with Gasteiger partial charge in [0.15, 0.2) is 0 Å². The van der Waals surface area contributed by atoms with Crippen LogP contribution in [0.3, 0.4) is 0 Å². The van der Waals surface area contributed by atoms with Crippen LogP contribution in [-0.2, 0) is 0 Å². The van der Waals surface area contributed by atoms with E-state index in [4.69, 9.17) is 16.3 Å².